The molecule has 1 N–H and O–H groups in total. The summed E-state index contributed by atoms with van der Waals surface area (Å²) in [5.74, 6) is 0.785. The van der Waals surface area contributed by atoms with Crippen LogP contribution in [0.1, 0.15) is 59.0 Å². The molecular formula is C15H27N3O. The molecule has 0 fully saturated rings. The first-order chi connectivity index (χ1) is 8.87. The number of ether oxygens (including phenoxy) is 1. The molecule has 0 saturated carbocycles. The van der Waals surface area contributed by atoms with E-state index in [1.807, 2.05) is 12.3 Å². The van der Waals surface area contributed by atoms with Gasteiger partial charge in [-0.1, -0.05) is 13.8 Å². The summed E-state index contributed by atoms with van der Waals surface area (Å²) in [6.45, 7) is 11.4. The van der Waals surface area contributed by atoms with E-state index in [2.05, 4.69) is 49.9 Å². The van der Waals surface area contributed by atoms with E-state index < -0.39 is 0 Å². The van der Waals surface area contributed by atoms with Crippen LogP contribution in [0.3, 0.4) is 0 Å². The van der Waals surface area contributed by atoms with Crippen LogP contribution in [-0.2, 0) is 16.9 Å². The highest BCUT2D eigenvalue weighted by atomic mass is 16.5. The quantitative estimate of drug-likeness (QED) is 0.859. The first-order valence-electron chi connectivity index (χ1n) is 6.99. The van der Waals surface area contributed by atoms with Gasteiger partial charge in [-0.15, -0.1) is 0 Å². The zero-order valence-corrected chi connectivity index (χ0v) is 13.1. The van der Waals surface area contributed by atoms with Crippen molar-refractivity contribution in [3.8, 4) is 0 Å². The lowest BCUT2D eigenvalue weighted by atomic mass is 9.96. The zero-order chi connectivity index (χ0) is 14.5. The van der Waals surface area contributed by atoms with Crippen LogP contribution < -0.4 is 5.32 Å². The molecule has 0 aliphatic rings. The monoisotopic (exact) mass is 265 g/mol. The van der Waals surface area contributed by atoms with Gasteiger partial charge in [0.05, 0.1) is 5.69 Å². The molecule has 4 heteroatoms. The molecule has 0 bridgehead atoms. The van der Waals surface area contributed by atoms with Crippen LogP contribution in [0.5, 0.6) is 0 Å². The second-order valence-electron chi connectivity index (χ2n) is 5.88. The highest BCUT2D eigenvalue weighted by molar-refractivity contribution is 5.09. The zero-order valence-electron chi connectivity index (χ0n) is 13.1. The van der Waals surface area contributed by atoms with Gasteiger partial charge in [0.25, 0.3) is 0 Å². The standard InChI is InChI=1S/C15H27N3O/c1-7-15(8-2,19-6)13-16-10-9-12(18-13)11-17-14(3,4)5/h9-10,17H,7-8,11H2,1-6H3. The van der Waals surface area contributed by atoms with Crippen molar-refractivity contribution in [3.05, 3.63) is 23.8 Å². The van der Waals surface area contributed by atoms with Crippen LogP contribution >= 0.6 is 0 Å². The third kappa shape index (κ3) is 4.25. The minimum atomic E-state index is -0.363. The average molecular weight is 265 g/mol. The summed E-state index contributed by atoms with van der Waals surface area (Å²) in [5.41, 5.74) is 0.722. The number of nitrogens with one attached hydrogen (secondary N) is 1. The topological polar surface area (TPSA) is 47.0 Å². The lowest BCUT2D eigenvalue weighted by Gasteiger charge is -2.28. The van der Waals surface area contributed by atoms with Gasteiger partial charge in [0.15, 0.2) is 5.82 Å². The van der Waals surface area contributed by atoms with Gasteiger partial charge in [-0.05, 0) is 39.7 Å². The van der Waals surface area contributed by atoms with Crippen molar-refractivity contribution in [2.75, 3.05) is 7.11 Å². The van der Waals surface area contributed by atoms with Crippen LogP contribution in [0, 0.1) is 0 Å². The van der Waals surface area contributed by atoms with Crippen molar-refractivity contribution in [1.82, 2.24) is 15.3 Å². The fraction of sp³-hybridized carbons (Fsp3) is 0.733. The molecule has 1 aromatic heterocycles. The Morgan fingerprint density at radius 3 is 2.32 bits per heavy atom. The third-order valence-corrected chi connectivity index (χ3v) is 3.45. The summed E-state index contributed by atoms with van der Waals surface area (Å²) in [5, 5.41) is 3.44. The van der Waals surface area contributed by atoms with Crippen molar-refractivity contribution < 1.29 is 4.74 Å². The Hall–Kier alpha value is -1.00. The van der Waals surface area contributed by atoms with Crippen LogP contribution in [0.25, 0.3) is 0 Å². The highest BCUT2D eigenvalue weighted by Crippen LogP contribution is 2.29. The number of nitrogens with zero attached hydrogens (tertiary/aromatic N) is 2. The molecule has 0 atom stereocenters. The Morgan fingerprint density at radius 2 is 1.84 bits per heavy atom. The molecule has 1 rings (SSSR count). The van der Waals surface area contributed by atoms with E-state index in [-0.39, 0.29) is 11.1 Å². The maximum Gasteiger partial charge on any atom is 0.160 e. The maximum atomic E-state index is 5.68. The van der Waals surface area contributed by atoms with Gasteiger partial charge in [-0.2, -0.15) is 0 Å². The average Bonchev–Trinajstić information content (AvgIpc) is 2.39. The summed E-state index contributed by atoms with van der Waals surface area (Å²) in [6, 6.07) is 1.95. The molecule has 0 unspecified atom stereocenters. The predicted molar refractivity (Wildman–Crippen MR) is 77.9 cm³/mol. The molecule has 0 aliphatic carbocycles. The van der Waals surface area contributed by atoms with Gasteiger partial charge in [0, 0.05) is 25.4 Å². The predicted octanol–water partition coefficient (Wildman–Crippen LogP) is 3.03. The van der Waals surface area contributed by atoms with Crippen LogP contribution in [0.4, 0.5) is 0 Å². The Kier molecular flexibility index (Phi) is 5.44. The van der Waals surface area contributed by atoms with Gasteiger partial charge in [0.2, 0.25) is 0 Å². The first kappa shape index (κ1) is 16.1. The molecular weight excluding hydrogens is 238 g/mol. The number of aromatic nitrogens is 2. The normalized spacial score (nSPS) is 12.7. The number of hydrogen-bond acceptors (Lipinski definition) is 4. The summed E-state index contributed by atoms with van der Waals surface area (Å²) >= 11 is 0. The summed E-state index contributed by atoms with van der Waals surface area (Å²) < 4.78 is 5.68. The lowest BCUT2D eigenvalue weighted by molar-refractivity contribution is -0.0293. The van der Waals surface area contributed by atoms with Gasteiger partial charge < -0.3 is 10.1 Å². The molecule has 0 radical (unpaired) electrons. The Morgan fingerprint density at radius 1 is 1.21 bits per heavy atom. The third-order valence-electron chi connectivity index (χ3n) is 3.45. The molecule has 19 heavy (non-hydrogen) atoms. The fourth-order valence-electron chi connectivity index (χ4n) is 2.02. The van der Waals surface area contributed by atoms with Crippen molar-refractivity contribution in [2.45, 2.75) is 65.1 Å². The van der Waals surface area contributed by atoms with E-state index >= 15 is 0 Å². The lowest BCUT2D eigenvalue weighted by Crippen LogP contribution is -2.36. The van der Waals surface area contributed by atoms with Crippen LogP contribution in [0.2, 0.25) is 0 Å². The number of hydrogen-bond donors (Lipinski definition) is 1. The highest BCUT2D eigenvalue weighted by Gasteiger charge is 2.31. The molecule has 0 saturated heterocycles. The number of rotatable bonds is 6. The van der Waals surface area contributed by atoms with Crippen molar-refractivity contribution in [2.24, 2.45) is 0 Å². The molecule has 108 valence electrons. The molecule has 1 heterocycles. The van der Waals surface area contributed by atoms with E-state index in [9.17, 15) is 0 Å². The van der Waals surface area contributed by atoms with Crippen molar-refractivity contribution >= 4 is 0 Å². The summed E-state index contributed by atoms with van der Waals surface area (Å²) in [6.07, 6.45) is 3.56. The maximum absolute atomic E-state index is 5.68. The van der Waals surface area contributed by atoms with Crippen LogP contribution in [-0.4, -0.2) is 22.6 Å². The van der Waals surface area contributed by atoms with Gasteiger partial charge >= 0.3 is 0 Å². The summed E-state index contributed by atoms with van der Waals surface area (Å²) in [7, 11) is 1.73. The first-order valence-corrected chi connectivity index (χ1v) is 6.99. The Bertz CT molecular complexity index is 386. The number of methoxy groups -OCH3 is 1. The second-order valence-corrected chi connectivity index (χ2v) is 5.88. The second kappa shape index (κ2) is 6.44. The Balaban J connectivity index is 2.93. The van der Waals surface area contributed by atoms with Gasteiger partial charge in [-0.25, -0.2) is 9.97 Å². The Labute approximate surface area is 117 Å². The van der Waals surface area contributed by atoms with E-state index in [4.69, 9.17) is 4.74 Å². The largest absolute Gasteiger partial charge is 0.370 e. The van der Waals surface area contributed by atoms with E-state index in [1.54, 1.807) is 7.11 Å². The minimum absolute atomic E-state index is 0.0823. The van der Waals surface area contributed by atoms with Gasteiger partial charge in [-0.3, -0.25) is 0 Å². The van der Waals surface area contributed by atoms with E-state index in [1.165, 1.54) is 0 Å². The SMILES string of the molecule is CCC(CC)(OC)c1nccc(CNC(C)(C)C)n1. The van der Waals surface area contributed by atoms with E-state index in [0.29, 0.717) is 0 Å². The smallest absolute Gasteiger partial charge is 0.160 e. The van der Waals surface area contributed by atoms with Crippen molar-refractivity contribution in [3.63, 3.8) is 0 Å². The molecule has 4 nitrogen and oxygen atoms in total. The molecule has 0 aliphatic heterocycles. The molecule has 0 amide bonds. The van der Waals surface area contributed by atoms with Crippen LogP contribution in [0.15, 0.2) is 12.3 Å². The molecule has 1 aromatic rings. The van der Waals surface area contributed by atoms with Gasteiger partial charge in [0.1, 0.15) is 5.60 Å². The molecule has 0 spiro atoms. The van der Waals surface area contributed by atoms with Crippen molar-refractivity contribution in [1.29, 1.82) is 0 Å². The molecule has 0 aromatic carbocycles. The minimum Gasteiger partial charge on any atom is -0.370 e. The fourth-order valence-corrected chi connectivity index (χ4v) is 2.02. The summed E-state index contributed by atoms with van der Waals surface area (Å²) in [4.78, 5) is 9.07. The van der Waals surface area contributed by atoms with E-state index in [0.717, 1.165) is 30.9 Å².